The SMILES string of the molecule is Cc1ccc(Cl)cc1-n1ncc(C#N)c1N. The van der Waals surface area contributed by atoms with Gasteiger partial charge in [-0.05, 0) is 24.6 Å². The van der Waals surface area contributed by atoms with Crippen molar-refractivity contribution >= 4 is 17.4 Å². The lowest BCUT2D eigenvalue weighted by molar-refractivity contribution is 0.883. The molecule has 5 heteroatoms. The number of benzene rings is 1. The monoisotopic (exact) mass is 232 g/mol. The van der Waals surface area contributed by atoms with Gasteiger partial charge in [0.1, 0.15) is 17.5 Å². The maximum Gasteiger partial charge on any atom is 0.145 e. The molecule has 0 aliphatic heterocycles. The Morgan fingerprint density at radius 3 is 2.88 bits per heavy atom. The smallest absolute Gasteiger partial charge is 0.145 e. The summed E-state index contributed by atoms with van der Waals surface area (Å²) < 4.78 is 1.51. The van der Waals surface area contributed by atoms with Crippen molar-refractivity contribution in [1.82, 2.24) is 9.78 Å². The first-order valence-electron chi connectivity index (χ1n) is 4.63. The molecular formula is C11H9ClN4. The summed E-state index contributed by atoms with van der Waals surface area (Å²) in [5.74, 6) is 0.327. The van der Waals surface area contributed by atoms with Crippen molar-refractivity contribution in [3.63, 3.8) is 0 Å². The molecule has 2 aromatic rings. The first kappa shape index (κ1) is 10.5. The molecule has 4 nitrogen and oxygen atoms in total. The highest BCUT2D eigenvalue weighted by Gasteiger charge is 2.10. The Morgan fingerprint density at radius 1 is 1.50 bits per heavy atom. The van der Waals surface area contributed by atoms with E-state index in [1.807, 2.05) is 19.1 Å². The van der Waals surface area contributed by atoms with Gasteiger partial charge in [-0.3, -0.25) is 0 Å². The van der Waals surface area contributed by atoms with Crippen LogP contribution in [0.2, 0.25) is 5.02 Å². The Labute approximate surface area is 97.9 Å². The predicted molar refractivity (Wildman–Crippen MR) is 62.4 cm³/mol. The first-order valence-corrected chi connectivity index (χ1v) is 5.01. The topological polar surface area (TPSA) is 67.6 Å². The number of halogens is 1. The molecule has 1 aromatic heterocycles. The van der Waals surface area contributed by atoms with Gasteiger partial charge in [-0.1, -0.05) is 17.7 Å². The maximum atomic E-state index is 8.79. The summed E-state index contributed by atoms with van der Waals surface area (Å²) in [6, 6.07) is 7.42. The molecule has 0 atom stereocenters. The summed E-state index contributed by atoms with van der Waals surface area (Å²) in [5.41, 5.74) is 7.93. The van der Waals surface area contributed by atoms with Gasteiger partial charge in [-0.2, -0.15) is 10.4 Å². The van der Waals surface area contributed by atoms with Crippen molar-refractivity contribution in [2.45, 2.75) is 6.92 Å². The number of aromatic nitrogens is 2. The molecule has 0 unspecified atom stereocenters. The Balaban J connectivity index is 2.64. The highest BCUT2D eigenvalue weighted by Crippen LogP contribution is 2.22. The number of hydrogen-bond acceptors (Lipinski definition) is 3. The van der Waals surface area contributed by atoms with Crippen LogP contribution in [0.5, 0.6) is 0 Å². The van der Waals surface area contributed by atoms with E-state index in [-0.39, 0.29) is 0 Å². The summed E-state index contributed by atoms with van der Waals surface area (Å²) in [6.45, 7) is 1.93. The van der Waals surface area contributed by atoms with Crippen LogP contribution in [0.3, 0.4) is 0 Å². The lowest BCUT2D eigenvalue weighted by Gasteiger charge is -2.07. The van der Waals surface area contributed by atoms with E-state index in [0.29, 0.717) is 16.4 Å². The maximum absolute atomic E-state index is 8.79. The summed E-state index contributed by atoms with van der Waals surface area (Å²) >= 11 is 5.91. The molecular weight excluding hydrogens is 224 g/mol. The molecule has 80 valence electrons. The fraction of sp³-hybridized carbons (Fsp3) is 0.0909. The predicted octanol–water partition coefficient (Wildman–Crippen LogP) is 2.29. The van der Waals surface area contributed by atoms with Gasteiger partial charge in [0.25, 0.3) is 0 Å². The van der Waals surface area contributed by atoms with Crippen LogP contribution in [0.1, 0.15) is 11.1 Å². The van der Waals surface area contributed by atoms with E-state index in [1.54, 1.807) is 12.1 Å². The van der Waals surface area contributed by atoms with Gasteiger partial charge in [0, 0.05) is 5.02 Å². The van der Waals surface area contributed by atoms with E-state index in [4.69, 9.17) is 22.6 Å². The summed E-state index contributed by atoms with van der Waals surface area (Å²) in [7, 11) is 0. The van der Waals surface area contributed by atoms with Gasteiger partial charge < -0.3 is 5.73 Å². The zero-order valence-electron chi connectivity index (χ0n) is 8.61. The van der Waals surface area contributed by atoms with Crippen molar-refractivity contribution in [2.24, 2.45) is 0 Å². The first-order chi connectivity index (χ1) is 7.63. The second kappa shape index (κ2) is 3.87. The molecule has 0 bridgehead atoms. The Hall–Kier alpha value is -1.99. The van der Waals surface area contributed by atoms with Crippen molar-refractivity contribution in [3.8, 4) is 11.8 Å². The second-order valence-electron chi connectivity index (χ2n) is 3.40. The number of hydrogen-bond donors (Lipinski definition) is 1. The standard InChI is InChI=1S/C11H9ClN4/c1-7-2-3-9(12)4-10(7)16-11(14)8(5-13)6-15-16/h2-4,6H,14H2,1H3. The van der Waals surface area contributed by atoms with Crippen molar-refractivity contribution in [1.29, 1.82) is 5.26 Å². The fourth-order valence-corrected chi connectivity index (χ4v) is 1.61. The fourth-order valence-electron chi connectivity index (χ4n) is 1.45. The minimum atomic E-state index is 0.327. The molecule has 0 fully saturated rings. The average molecular weight is 233 g/mol. The number of nitriles is 1. The Kier molecular flexibility index (Phi) is 2.55. The molecule has 1 aromatic carbocycles. The normalized spacial score (nSPS) is 10.1. The van der Waals surface area contributed by atoms with Crippen LogP contribution >= 0.6 is 11.6 Å². The van der Waals surface area contributed by atoms with Crippen LogP contribution in [0.15, 0.2) is 24.4 Å². The minimum Gasteiger partial charge on any atom is -0.382 e. The third kappa shape index (κ3) is 1.62. The molecule has 0 saturated carbocycles. The van der Waals surface area contributed by atoms with Crippen LogP contribution in [0.4, 0.5) is 5.82 Å². The molecule has 16 heavy (non-hydrogen) atoms. The van der Waals surface area contributed by atoms with Crippen molar-refractivity contribution in [2.75, 3.05) is 5.73 Å². The van der Waals surface area contributed by atoms with E-state index >= 15 is 0 Å². The van der Waals surface area contributed by atoms with E-state index in [1.165, 1.54) is 10.9 Å². The van der Waals surface area contributed by atoms with E-state index in [0.717, 1.165) is 11.3 Å². The zero-order chi connectivity index (χ0) is 11.7. The number of anilines is 1. The van der Waals surface area contributed by atoms with Gasteiger partial charge in [-0.25, -0.2) is 4.68 Å². The second-order valence-corrected chi connectivity index (χ2v) is 3.83. The molecule has 2 rings (SSSR count). The molecule has 0 saturated heterocycles. The largest absolute Gasteiger partial charge is 0.382 e. The number of aryl methyl sites for hydroxylation is 1. The van der Waals surface area contributed by atoms with E-state index in [9.17, 15) is 0 Å². The molecule has 1 heterocycles. The van der Waals surface area contributed by atoms with Crippen LogP contribution in [0, 0.1) is 18.3 Å². The van der Waals surface area contributed by atoms with Gasteiger partial charge in [0.05, 0.1) is 11.9 Å². The van der Waals surface area contributed by atoms with Crippen LogP contribution in [-0.4, -0.2) is 9.78 Å². The molecule has 0 amide bonds. The van der Waals surface area contributed by atoms with Crippen LogP contribution in [-0.2, 0) is 0 Å². The number of nitrogen functional groups attached to an aromatic ring is 1. The molecule has 0 aliphatic carbocycles. The summed E-state index contributed by atoms with van der Waals surface area (Å²) in [5, 5.41) is 13.5. The summed E-state index contributed by atoms with van der Waals surface area (Å²) in [6.07, 6.45) is 1.44. The number of nitrogens with two attached hydrogens (primary N) is 1. The van der Waals surface area contributed by atoms with Gasteiger partial charge in [0.15, 0.2) is 0 Å². The number of rotatable bonds is 1. The molecule has 2 N–H and O–H groups in total. The van der Waals surface area contributed by atoms with Gasteiger partial charge >= 0.3 is 0 Å². The van der Waals surface area contributed by atoms with E-state index in [2.05, 4.69) is 5.10 Å². The third-order valence-electron chi connectivity index (χ3n) is 2.33. The molecule has 0 spiro atoms. The molecule has 0 radical (unpaired) electrons. The average Bonchev–Trinajstić information content (AvgIpc) is 2.63. The van der Waals surface area contributed by atoms with Crippen molar-refractivity contribution in [3.05, 3.63) is 40.5 Å². The third-order valence-corrected chi connectivity index (χ3v) is 2.56. The minimum absolute atomic E-state index is 0.327. The van der Waals surface area contributed by atoms with Gasteiger partial charge in [0.2, 0.25) is 0 Å². The Morgan fingerprint density at radius 2 is 2.25 bits per heavy atom. The lowest BCUT2D eigenvalue weighted by Crippen LogP contribution is -2.04. The van der Waals surface area contributed by atoms with Crippen LogP contribution < -0.4 is 5.73 Å². The van der Waals surface area contributed by atoms with Gasteiger partial charge in [-0.15, -0.1) is 0 Å². The van der Waals surface area contributed by atoms with Crippen molar-refractivity contribution < 1.29 is 0 Å². The highest BCUT2D eigenvalue weighted by atomic mass is 35.5. The zero-order valence-corrected chi connectivity index (χ0v) is 9.36. The Bertz CT molecular complexity index is 580. The summed E-state index contributed by atoms with van der Waals surface area (Å²) in [4.78, 5) is 0. The van der Waals surface area contributed by atoms with E-state index < -0.39 is 0 Å². The highest BCUT2D eigenvalue weighted by molar-refractivity contribution is 6.30. The lowest BCUT2D eigenvalue weighted by atomic mass is 10.2. The van der Waals surface area contributed by atoms with Crippen LogP contribution in [0.25, 0.3) is 5.69 Å². The molecule has 0 aliphatic rings. The number of nitrogens with zero attached hydrogens (tertiary/aromatic N) is 3. The quantitative estimate of drug-likeness (QED) is 0.820.